The molecular weight excluding hydrogens is 338 g/mol. The second-order valence-corrected chi connectivity index (χ2v) is 6.63. The summed E-state index contributed by atoms with van der Waals surface area (Å²) in [5.41, 5.74) is 2.78. The van der Waals surface area contributed by atoms with Gasteiger partial charge in [0.1, 0.15) is 5.03 Å². The Balaban J connectivity index is 1.95. The molecule has 0 saturated heterocycles. The molecule has 20 heavy (non-hydrogen) atoms. The van der Waals surface area contributed by atoms with E-state index in [2.05, 4.69) is 27.0 Å². The van der Waals surface area contributed by atoms with E-state index in [1.807, 2.05) is 12.1 Å². The minimum absolute atomic E-state index is 0.306. The second kappa shape index (κ2) is 5.58. The summed E-state index contributed by atoms with van der Waals surface area (Å²) in [6.45, 7) is 0. The third-order valence-electron chi connectivity index (χ3n) is 3.29. The van der Waals surface area contributed by atoms with Crippen LogP contribution in [0.2, 0.25) is 0 Å². The molecule has 0 spiro atoms. The minimum atomic E-state index is -0.916. The molecule has 1 aromatic carbocycles. The number of nitrogens with zero attached hydrogens (tertiary/aromatic N) is 1. The van der Waals surface area contributed by atoms with Crippen LogP contribution in [0.25, 0.3) is 0 Å². The lowest BCUT2D eigenvalue weighted by molar-refractivity contribution is 0.0693. The van der Waals surface area contributed by atoms with Crippen LogP contribution >= 0.6 is 27.7 Å². The lowest BCUT2D eigenvalue weighted by Gasteiger charge is -2.07. The molecule has 0 unspecified atom stereocenters. The monoisotopic (exact) mass is 349 g/mol. The highest BCUT2D eigenvalue weighted by molar-refractivity contribution is 9.10. The number of aryl methyl sites for hydroxylation is 2. The van der Waals surface area contributed by atoms with E-state index in [1.54, 1.807) is 12.1 Å². The number of halogens is 1. The van der Waals surface area contributed by atoms with Crippen molar-refractivity contribution in [1.82, 2.24) is 4.98 Å². The summed E-state index contributed by atoms with van der Waals surface area (Å²) in [7, 11) is 0. The van der Waals surface area contributed by atoms with E-state index in [-0.39, 0.29) is 0 Å². The lowest BCUT2D eigenvalue weighted by Crippen LogP contribution is -1.99. The summed E-state index contributed by atoms with van der Waals surface area (Å²) in [5, 5.41) is 10.1. The van der Waals surface area contributed by atoms with Gasteiger partial charge in [-0.15, -0.1) is 0 Å². The van der Waals surface area contributed by atoms with Crippen molar-refractivity contribution in [2.24, 2.45) is 0 Å². The van der Waals surface area contributed by atoms with Gasteiger partial charge < -0.3 is 5.11 Å². The zero-order valence-electron chi connectivity index (χ0n) is 10.6. The fourth-order valence-corrected chi connectivity index (χ4v) is 3.81. The summed E-state index contributed by atoms with van der Waals surface area (Å²) < 4.78 is 0.867. The number of hydrogen-bond acceptors (Lipinski definition) is 3. The third kappa shape index (κ3) is 2.74. The quantitative estimate of drug-likeness (QED) is 0.902. The van der Waals surface area contributed by atoms with Gasteiger partial charge in [0.05, 0.1) is 5.56 Å². The van der Waals surface area contributed by atoms with E-state index in [0.29, 0.717) is 10.5 Å². The summed E-state index contributed by atoms with van der Waals surface area (Å²) in [4.78, 5) is 16.6. The van der Waals surface area contributed by atoms with Gasteiger partial charge in [0, 0.05) is 15.1 Å². The Labute approximate surface area is 129 Å². The highest BCUT2D eigenvalue weighted by Gasteiger charge is 2.15. The molecule has 1 aliphatic rings. The Bertz CT molecular complexity index is 688. The molecule has 1 N–H and O–H groups in total. The first-order valence-electron chi connectivity index (χ1n) is 6.33. The van der Waals surface area contributed by atoms with Gasteiger partial charge in [0.15, 0.2) is 0 Å². The van der Waals surface area contributed by atoms with Crippen molar-refractivity contribution >= 4 is 33.7 Å². The normalized spacial score (nSPS) is 13.2. The van der Waals surface area contributed by atoms with Crippen molar-refractivity contribution in [3.05, 3.63) is 51.6 Å². The van der Waals surface area contributed by atoms with E-state index < -0.39 is 5.97 Å². The van der Waals surface area contributed by atoms with Crippen LogP contribution in [0, 0.1) is 0 Å². The van der Waals surface area contributed by atoms with Crippen LogP contribution in [0.5, 0.6) is 0 Å². The Morgan fingerprint density at radius 3 is 2.90 bits per heavy atom. The number of fused-ring (bicyclic) bond motifs is 1. The van der Waals surface area contributed by atoms with Gasteiger partial charge in [-0.05, 0) is 49.1 Å². The zero-order chi connectivity index (χ0) is 14.1. The molecular formula is C15H12BrNO2S. The van der Waals surface area contributed by atoms with Gasteiger partial charge in [-0.25, -0.2) is 9.78 Å². The van der Waals surface area contributed by atoms with E-state index in [4.69, 9.17) is 0 Å². The molecule has 3 nitrogen and oxygen atoms in total. The maximum atomic E-state index is 11.3. The van der Waals surface area contributed by atoms with Crippen LogP contribution in [0.1, 0.15) is 28.0 Å². The average molecular weight is 350 g/mol. The van der Waals surface area contributed by atoms with Gasteiger partial charge in [-0.2, -0.15) is 0 Å². The van der Waals surface area contributed by atoms with Gasteiger partial charge >= 0.3 is 5.97 Å². The smallest absolute Gasteiger partial charge is 0.336 e. The molecule has 0 radical (unpaired) electrons. The average Bonchev–Trinajstić information content (AvgIpc) is 2.85. The number of rotatable bonds is 3. The summed E-state index contributed by atoms with van der Waals surface area (Å²) in [5.74, 6) is -0.916. The molecule has 2 aromatic rings. The third-order valence-corrected chi connectivity index (χ3v) is 4.78. The number of carbonyl (C=O) groups is 1. The SMILES string of the molecule is O=C(O)c1ccc(Br)cc1Sc1ccc2c(n1)CCC2. The summed E-state index contributed by atoms with van der Waals surface area (Å²) in [6, 6.07) is 9.26. The Morgan fingerprint density at radius 1 is 1.25 bits per heavy atom. The molecule has 1 aromatic heterocycles. The van der Waals surface area contributed by atoms with Crippen LogP contribution in [0.4, 0.5) is 0 Å². The first-order chi connectivity index (χ1) is 9.63. The minimum Gasteiger partial charge on any atom is -0.478 e. The van der Waals surface area contributed by atoms with Crippen LogP contribution in [-0.4, -0.2) is 16.1 Å². The maximum Gasteiger partial charge on any atom is 0.336 e. The van der Waals surface area contributed by atoms with E-state index >= 15 is 0 Å². The molecule has 0 amide bonds. The molecule has 0 bridgehead atoms. The number of hydrogen-bond donors (Lipinski definition) is 1. The Kier molecular flexibility index (Phi) is 3.81. The summed E-state index contributed by atoms with van der Waals surface area (Å²) in [6.07, 6.45) is 3.28. The van der Waals surface area contributed by atoms with Crippen LogP contribution in [0.3, 0.4) is 0 Å². The number of carboxylic acids is 1. The first kappa shape index (κ1) is 13.6. The maximum absolute atomic E-state index is 11.3. The second-order valence-electron chi connectivity index (χ2n) is 4.66. The van der Waals surface area contributed by atoms with Crippen LogP contribution in [0.15, 0.2) is 44.7 Å². The number of pyridine rings is 1. The molecule has 1 aliphatic carbocycles. The van der Waals surface area contributed by atoms with Crippen LogP contribution in [-0.2, 0) is 12.8 Å². The van der Waals surface area contributed by atoms with Crippen molar-refractivity contribution in [2.75, 3.05) is 0 Å². The van der Waals surface area contributed by atoms with Gasteiger partial charge in [0.25, 0.3) is 0 Å². The highest BCUT2D eigenvalue weighted by atomic mass is 79.9. The summed E-state index contributed by atoms with van der Waals surface area (Å²) >= 11 is 4.78. The largest absolute Gasteiger partial charge is 0.478 e. The van der Waals surface area contributed by atoms with E-state index in [0.717, 1.165) is 34.5 Å². The first-order valence-corrected chi connectivity index (χ1v) is 7.94. The van der Waals surface area contributed by atoms with E-state index in [9.17, 15) is 9.90 Å². The Morgan fingerprint density at radius 2 is 2.10 bits per heavy atom. The standard InChI is InChI=1S/C15H12BrNO2S/c16-10-5-6-11(15(18)19)13(8-10)20-14-7-4-9-2-1-3-12(9)17-14/h4-8H,1-3H2,(H,18,19). The van der Waals surface area contributed by atoms with Gasteiger partial charge in [0.2, 0.25) is 0 Å². The Hall–Kier alpha value is -1.33. The zero-order valence-corrected chi connectivity index (χ0v) is 13.0. The van der Waals surface area contributed by atoms with Crippen molar-refractivity contribution < 1.29 is 9.90 Å². The van der Waals surface area contributed by atoms with Gasteiger partial charge in [-0.1, -0.05) is 33.8 Å². The topological polar surface area (TPSA) is 50.2 Å². The van der Waals surface area contributed by atoms with Crippen molar-refractivity contribution in [1.29, 1.82) is 0 Å². The fourth-order valence-electron chi connectivity index (χ4n) is 2.33. The predicted molar refractivity (Wildman–Crippen MR) is 81.5 cm³/mol. The van der Waals surface area contributed by atoms with Crippen LogP contribution < -0.4 is 0 Å². The molecule has 0 fully saturated rings. The molecule has 1 heterocycles. The molecule has 102 valence electrons. The molecule has 3 rings (SSSR count). The molecule has 0 saturated carbocycles. The predicted octanol–water partition coefficient (Wildman–Crippen LogP) is 4.18. The number of benzene rings is 1. The van der Waals surface area contributed by atoms with Gasteiger partial charge in [-0.3, -0.25) is 0 Å². The number of aromatic carboxylic acids is 1. The van der Waals surface area contributed by atoms with E-state index in [1.165, 1.54) is 17.3 Å². The van der Waals surface area contributed by atoms with Crippen molar-refractivity contribution in [3.63, 3.8) is 0 Å². The van der Waals surface area contributed by atoms with Crippen molar-refractivity contribution in [3.8, 4) is 0 Å². The molecule has 0 aliphatic heterocycles. The molecule has 0 atom stereocenters. The fraction of sp³-hybridized carbons (Fsp3) is 0.200. The molecule has 5 heteroatoms. The lowest BCUT2D eigenvalue weighted by atomic mass is 10.2. The van der Waals surface area contributed by atoms with Crippen molar-refractivity contribution in [2.45, 2.75) is 29.2 Å². The number of aromatic nitrogens is 1. The number of carboxylic acid groups (broad SMARTS) is 1. The highest BCUT2D eigenvalue weighted by Crippen LogP contribution is 2.33.